The molecule has 6 heteroatoms. The third-order valence-corrected chi connectivity index (χ3v) is 3.99. The zero-order valence-corrected chi connectivity index (χ0v) is 12.8. The van der Waals surface area contributed by atoms with Crippen LogP contribution in [0.1, 0.15) is 38.4 Å². The van der Waals surface area contributed by atoms with E-state index >= 15 is 0 Å². The average molecular weight is 292 g/mol. The number of anilines is 1. The maximum Gasteiger partial charge on any atom is 0.252 e. The molecule has 2 N–H and O–H groups in total. The number of H-pyrrole nitrogens is 1. The van der Waals surface area contributed by atoms with Gasteiger partial charge in [0.05, 0.1) is 19.3 Å². The summed E-state index contributed by atoms with van der Waals surface area (Å²) in [6.07, 6.45) is 2.27. The second kappa shape index (κ2) is 6.15. The van der Waals surface area contributed by atoms with Crippen molar-refractivity contribution >= 4 is 5.82 Å². The van der Waals surface area contributed by atoms with E-state index in [0.29, 0.717) is 25.2 Å². The topological polar surface area (TPSA) is 70.2 Å². The van der Waals surface area contributed by atoms with Crippen LogP contribution in [-0.2, 0) is 4.74 Å². The van der Waals surface area contributed by atoms with Crippen LogP contribution in [0.2, 0.25) is 0 Å². The van der Waals surface area contributed by atoms with E-state index in [4.69, 9.17) is 4.74 Å². The highest BCUT2D eigenvalue weighted by Crippen LogP contribution is 2.38. The molecule has 1 aliphatic heterocycles. The van der Waals surface area contributed by atoms with Crippen LogP contribution in [0.25, 0.3) is 0 Å². The summed E-state index contributed by atoms with van der Waals surface area (Å²) < 4.78 is 5.59. The fourth-order valence-corrected chi connectivity index (χ4v) is 2.66. The normalized spacial score (nSPS) is 22.8. The molecule has 0 aromatic carbocycles. The van der Waals surface area contributed by atoms with Crippen LogP contribution < -0.4 is 15.8 Å². The maximum absolute atomic E-state index is 11.9. The Balaban J connectivity index is 1.80. The second-order valence-corrected chi connectivity index (χ2v) is 6.25. The highest BCUT2D eigenvalue weighted by Gasteiger charge is 2.29. The molecule has 1 atom stereocenters. The van der Waals surface area contributed by atoms with Crippen molar-refractivity contribution in [3.63, 3.8) is 0 Å². The smallest absolute Gasteiger partial charge is 0.252 e. The Morgan fingerprint density at radius 2 is 2.33 bits per heavy atom. The summed E-state index contributed by atoms with van der Waals surface area (Å²) in [4.78, 5) is 21.7. The lowest BCUT2D eigenvalue weighted by molar-refractivity contribution is 0.0927. The molecule has 0 amide bonds. The van der Waals surface area contributed by atoms with Gasteiger partial charge in [0.2, 0.25) is 0 Å². The molecular formula is C15H24N4O2. The first-order chi connectivity index (χ1) is 10.1. The largest absolute Gasteiger partial charge is 0.377 e. The molecule has 0 spiro atoms. The molecule has 1 saturated carbocycles. The van der Waals surface area contributed by atoms with Gasteiger partial charge in [-0.05, 0) is 12.8 Å². The standard InChI is InChI=1S/C15H24N4O2/c1-10(2)16-8-12-9-21-6-5-19(12)13-7-14(20)18-15(17-13)11-3-4-11/h7,10-12,16H,3-6,8-9H2,1-2H3,(H,17,18,20). The summed E-state index contributed by atoms with van der Waals surface area (Å²) >= 11 is 0. The lowest BCUT2D eigenvalue weighted by Crippen LogP contribution is -2.52. The van der Waals surface area contributed by atoms with Gasteiger partial charge >= 0.3 is 0 Å². The van der Waals surface area contributed by atoms with Gasteiger partial charge in [0.25, 0.3) is 5.56 Å². The Morgan fingerprint density at radius 1 is 1.52 bits per heavy atom. The Hall–Kier alpha value is -1.40. The fourth-order valence-electron chi connectivity index (χ4n) is 2.66. The van der Waals surface area contributed by atoms with E-state index in [1.807, 2.05) is 0 Å². The van der Waals surface area contributed by atoms with E-state index in [1.54, 1.807) is 6.07 Å². The van der Waals surface area contributed by atoms with E-state index in [2.05, 4.69) is 34.0 Å². The number of hydrogen-bond donors (Lipinski definition) is 2. The molecule has 2 aliphatic rings. The molecule has 21 heavy (non-hydrogen) atoms. The summed E-state index contributed by atoms with van der Waals surface area (Å²) in [5.74, 6) is 2.09. The molecule has 1 unspecified atom stereocenters. The Labute approximate surface area is 124 Å². The van der Waals surface area contributed by atoms with Gasteiger partial charge in [-0.15, -0.1) is 0 Å². The van der Waals surface area contributed by atoms with Gasteiger partial charge in [-0.1, -0.05) is 13.8 Å². The van der Waals surface area contributed by atoms with Gasteiger partial charge in [-0.3, -0.25) is 4.79 Å². The van der Waals surface area contributed by atoms with Crippen LogP contribution in [0, 0.1) is 0 Å². The lowest BCUT2D eigenvalue weighted by atomic mass is 10.2. The second-order valence-electron chi connectivity index (χ2n) is 6.25. The van der Waals surface area contributed by atoms with Crippen LogP contribution in [0.3, 0.4) is 0 Å². The molecule has 116 valence electrons. The van der Waals surface area contributed by atoms with Gasteiger partial charge in [0.15, 0.2) is 0 Å². The van der Waals surface area contributed by atoms with E-state index in [9.17, 15) is 4.79 Å². The minimum Gasteiger partial charge on any atom is -0.377 e. The first-order valence-corrected chi connectivity index (χ1v) is 7.82. The van der Waals surface area contributed by atoms with Crippen molar-refractivity contribution in [2.24, 2.45) is 0 Å². The molecule has 6 nitrogen and oxygen atoms in total. The van der Waals surface area contributed by atoms with E-state index < -0.39 is 0 Å². The first-order valence-electron chi connectivity index (χ1n) is 7.82. The molecule has 2 fully saturated rings. The van der Waals surface area contributed by atoms with Crippen LogP contribution in [0.5, 0.6) is 0 Å². The van der Waals surface area contributed by atoms with Gasteiger partial charge < -0.3 is 19.9 Å². The van der Waals surface area contributed by atoms with Crippen molar-refractivity contribution < 1.29 is 4.74 Å². The quantitative estimate of drug-likeness (QED) is 0.842. The summed E-state index contributed by atoms with van der Waals surface area (Å²) in [5.41, 5.74) is -0.0519. The molecule has 1 aliphatic carbocycles. The van der Waals surface area contributed by atoms with E-state index in [0.717, 1.165) is 37.6 Å². The zero-order valence-electron chi connectivity index (χ0n) is 12.8. The summed E-state index contributed by atoms with van der Waals surface area (Å²) in [6.45, 7) is 7.24. The zero-order chi connectivity index (χ0) is 14.8. The molecule has 1 aromatic rings. The van der Waals surface area contributed by atoms with Gasteiger partial charge in [0.1, 0.15) is 11.6 Å². The fraction of sp³-hybridized carbons (Fsp3) is 0.733. The highest BCUT2D eigenvalue weighted by molar-refractivity contribution is 5.40. The highest BCUT2D eigenvalue weighted by atomic mass is 16.5. The Kier molecular flexibility index (Phi) is 4.26. The van der Waals surface area contributed by atoms with Gasteiger partial charge in [-0.2, -0.15) is 0 Å². The van der Waals surface area contributed by atoms with Crippen LogP contribution >= 0.6 is 0 Å². The van der Waals surface area contributed by atoms with Gasteiger partial charge in [-0.25, -0.2) is 4.98 Å². The number of morpholine rings is 1. The molecule has 3 rings (SSSR count). The summed E-state index contributed by atoms with van der Waals surface area (Å²) in [7, 11) is 0. The van der Waals surface area contributed by atoms with Crippen molar-refractivity contribution in [3.05, 3.63) is 22.2 Å². The number of nitrogens with zero attached hydrogens (tertiary/aromatic N) is 2. The summed E-state index contributed by atoms with van der Waals surface area (Å²) in [5, 5.41) is 3.44. The monoisotopic (exact) mass is 292 g/mol. The van der Waals surface area contributed by atoms with Crippen molar-refractivity contribution in [2.75, 3.05) is 31.2 Å². The molecule has 2 heterocycles. The van der Waals surface area contributed by atoms with Crippen LogP contribution in [-0.4, -0.2) is 48.4 Å². The number of nitrogens with one attached hydrogen (secondary N) is 2. The van der Waals surface area contributed by atoms with Crippen molar-refractivity contribution in [1.82, 2.24) is 15.3 Å². The molecule has 1 saturated heterocycles. The number of rotatable bonds is 5. The predicted molar refractivity (Wildman–Crippen MR) is 81.9 cm³/mol. The van der Waals surface area contributed by atoms with Crippen LogP contribution in [0.15, 0.2) is 10.9 Å². The number of aromatic nitrogens is 2. The average Bonchev–Trinajstić information content (AvgIpc) is 3.29. The van der Waals surface area contributed by atoms with Crippen molar-refractivity contribution in [2.45, 2.75) is 44.7 Å². The molecular weight excluding hydrogens is 268 g/mol. The van der Waals surface area contributed by atoms with E-state index in [1.165, 1.54) is 0 Å². The SMILES string of the molecule is CC(C)NCC1COCCN1c1cc(=O)[nH]c(C2CC2)n1. The molecule has 0 radical (unpaired) electrons. The van der Waals surface area contributed by atoms with E-state index in [-0.39, 0.29) is 11.6 Å². The minimum atomic E-state index is -0.0519. The van der Waals surface area contributed by atoms with Crippen LogP contribution in [0.4, 0.5) is 5.82 Å². The number of aromatic amines is 1. The Bertz CT molecular complexity index is 539. The lowest BCUT2D eigenvalue weighted by Gasteiger charge is -2.37. The Morgan fingerprint density at radius 3 is 3.05 bits per heavy atom. The summed E-state index contributed by atoms with van der Waals surface area (Å²) in [6, 6.07) is 2.27. The third kappa shape index (κ3) is 3.63. The third-order valence-electron chi connectivity index (χ3n) is 3.99. The van der Waals surface area contributed by atoms with Gasteiger partial charge in [0, 0.05) is 31.1 Å². The maximum atomic E-state index is 11.9. The number of ether oxygens (including phenoxy) is 1. The molecule has 0 bridgehead atoms. The predicted octanol–water partition coefficient (Wildman–Crippen LogP) is 0.850. The first kappa shape index (κ1) is 14.5. The van der Waals surface area contributed by atoms with Crippen molar-refractivity contribution in [1.29, 1.82) is 0 Å². The van der Waals surface area contributed by atoms with Crippen molar-refractivity contribution in [3.8, 4) is 0 Å². The minimum absolute atomic E-state index is 0.0519. The molecule has 1 aromatic heterocycles. The number of hydrogen-bond acceptors (Lipinski definition) is 5.